The molecule has 0 saturated heterocycles. The first kappa shape index (κ1) is 14.5. The lowest BCUT2D eigenvalue weighted by Crippen LogP contribution is -2.02. The van der Waals surface area contributed by atoms with Crippen LogP contribution in [0.2, 0.25) is 0 Å². The number of carbonyl (C=O) groups is 1. The SMILES string of the molecule is COC(=O)CCc1csc(Nc2c(C)cccc2F)n1. The number of aryl methyl sites for hydroxylation is 2. The number of hydrogen-bond donors (Lipinski definition) is 1. The number of anilines is 2. The Bertz CT molecular complexity index is 593. The van der Waals surface area contributed by atoms with E-state index in [2.05, 4.69) is 15.0 Å². The quantitative estimate of drug-likeness (QED) is 0.858. The molecule has 1 N–H and O–H groups in total. The fourth-order valence-corrected chi connectivity index (χ4v) is 2.46. The van der Waals surface area contributed by atoms with E-state index in [-0.39, 0.29) is 11.8 Å². The molecule has 6 heteroatoms. The number of para-hydroxylation sites is 1. The number of nitrogens with one attached hydrogen (secondary N) is 1. The molecule has 0 bridgehead atoms. The molecule has 2 aromatic rings. The predicted octanol–water partition coefficient (Wildman–Crippen LogP) is 3.44. The summed E-state index contributed by atoms with van der Waals surface area (Å²) in [5, 5.41) is 5.44. The Morgan fingerprint density at radius 1 is 1.50 bits per heavy atom. The highest BCUT2D eigenvalue weighted by atomic mass is 32.1. The van der Waals surface area contributed by atoms with Crippen molar-refractivity contribution in [3.63, 3.8) is 0 Å². The van der Waals surface area contributed by atoms with Crippen molar-refractivity contribution in [2.24, 2.45) is 0 Å². The second-order valence-electron chi connectivity index (χ2n) is 4.28. The maximum absolute atomic E-state index is 13.7. The van der Waals surface area contributed by atoms with Crippen molar-refractivity contribution in [2.75, 3.05) is 12.4 Å². The van der Waals surface area contributed by atoms with Gasteiger partial charge in [0.1, 0.15) is 5.82 Å². The number of hydrogen-bond acceptors (Lipinski definition) is 5. The van der Waals surface area contributed by atoms with E-state index in [9.17, 15) is 9.18 Å². The topological polar surface area (TPSA) is 51.2 Å². The molecule has 4 nitrogen and oxygen atoms in total. The van der Waals surface area contributed by atoms with Gasteiger partial charge in [-0.1, -0.05) is 12.1 Å². The van der Waals surface area contributed by atoms with Gasteiger partial charge < -0.3 is 10.1 Å². The van der Waals surface area contributed by atoms with Crippen molar-refractivity contribution in [1.82, 2.24) is 4.98 Å². The average Bonchev–Trinajstić information content (AvgIpc) is 2.88. The number of thiazole rings is 1. The molecule has 0 amide bonds. The van der Waals surface area contributed by atoms with E-state index in [1.165, 1.54) is 24.5 Å². The summed E-state index contributed by atoms with van der Waals surface area (Å²) in [6.07, 6.45) is 0.805. The lowest BCUT2D eigenvalue weighted by molar-refractivity contribution is -0.140. The van der Waals surface area contributed by atoms with Gasteiger partial charge in [-0.3, -0.25) is 4.79 Å². The van der Waals surface area contributed by atoms with Gasteiger partial charge in [0, 0.05) is 11.8 Å². The third-order valence-corrected chi connectivity index (χ3v) is 3.63. The predicted molar refractivity (Wildman–Crippen MR) is 76.9 cm³/mol. The second-order valence-corrected chi connectivity index (χ2v) is 5.13. The number of halogens is 1. The van der Waals surface area contributed by atoms with Gasteiger partial charge in [0.05, 0.1) is 24.9 Å². The number of methoxy groups -OCH3 is 1. The van der Waals surface area contributed by atoms with Crippen LogP contribution >= 0.6 is 11.3 Å². The van der Waals surface area contributed by atoms with Gasteiger partial charge in [0.2, 0.25) is 0 Å². The second kappa shape index (κ2) is 6.47. The van der Waals surface area contributed by atoms with Crippen molar-refractivity contribution in [3.8, 4) is 0 Å². The maximum Gasteiger partial charge on any atom is 0.305 e. The van der Waals surface area contributed by atoms with Gasteiger partial charge in [-0.15, -0.1) is 11.3 Å². The summed E-state index contributed by atoms with van der Waals surface area (Å²) < 4.78 is 18.3. The summed E-state index contributed by atoms with van der Waals surface area (Å²) in [5.74, 6) is -0.575. The molecular formula is C14H15FN2O2S. The van der Waals surface area contributed by atoms with Crippen LogP contribution < -0.4 is 5.32 Å². The molecular weight excluding hydrogens is 279 g/mol. The van der Waals surface area contributed by atoms with Crippen LogP contribution in [0.4, 0.5) is 15.2 Å². The van der Waals surface area contributed by atoms with Gasteiger partial charge in [-0.2, -0.15) is 0 Å². The van der Waals surface area contributed by atoms with E-state index in [0.717, 1.165) is 11.3 Å². The number of ether oxygens (including phenoxy) is 1. The Morgan fingerprint density at radius 3 is 3.00 bits per heavy atom. The third-order valence-electron chi connectivity index (χ3n) is 2.82. The minimum Gasteiger partial charge on any atom is -0.469 e. The van der Waals surface area contributed by atoms with E-state index < -0.39 is 0 Å². The standard InChI is InChI=1S/C14H15FN2O2S/c1-9-4-3-5-11(15)13(9)17-14-16-10(8-20-14)6-7-12(18)19-2/h3-5,8H,6-7H2,1-2H3,(H,16,17). The van der Waals surface area contributed by atoms with E-state index in [4.69, 9.17) is 0 Å². The van der Waals surface area contributed by atoms with Crippen molar-refractivity contribution >= 4 is 28.1 Å². The van der Waals surface area contributed by atoms with Gasteiger partial charge in [0.25, 0.3) is 0 Å². The summed E-state index contributed by atoms with van der Waals surface area (Å²) in [6, 6.07) is 4.90. The van der Waals surface area contributed by atoms with Crippen LogP contribution in [-0.2, 0) is 16.0 Å². The molecule has 0 spiro atoms. The molecule has 0 radical (unpaired) electrons. The molecule has 106 valence electrons. The smallest absolute Gasteiger partial charge is 0.305 e. The van der Waals surface area contributed by atoms with E-state index in [1.807, 2.05) is 18.4 Å². The highest BCUT2D eigenvalue weighted by Crippen LogP contribution is 2.26. The number of rotatable bonds is 5. The summed E-state index contributed by atoms with van der Waals surface area (Å²) in [7, 11) is 1.36. The highest BCUT2D eigenvalue weighted by Gasteiger charge is 2.09. The van der Waals surface area contributed by atoms with Crippen LogP contribution in [0.25, 0.3) is 0 Å². The fraction of sp³-hybridized carbons (Fsp3) is 0.286. The van der Waals surface area contributed by atoms with Crippen molar-refractivity contribution in [3.05, 3.63) is 40.7 Å². The zero-order valence-electron chi connectivity index (χ0n) is 11.3. The van der Waals surface area contributed by atoms with Crippen LogP contribution in [0.3, 0.4) is 0 Å². The molecule has 0 unspecified atom stereocenters. The third kappa shape index (κ3) is 3.54. The van der Waals surface area contributed by atoms with Crippen LogP contribution in [-0.4, -0.2) is 18.1 Å². The first-order valence-corrected chi connectivity index (χ1v) is 7.01. The molecule has 0 saturated carbocycles. The number of esters is 1. The summed E-state index contributed by atoms with van der Waals surface area (Å²) >= 11 is 1.38. The Labute approximate surface area is 120 Å². The fourth-order valence-electron chi connectivity index (χ4n) is 1.71. The molecule has 1 heterocycles. The largest absolute Gasteiger partial charge is 0.469 e. The van der Waals surface area contributed by atoms with E-state index in [0.29, 0.717) is 23.7 Å². The van der Waals surface area contributed by atoms with Crippen LogP contribution in [0.5, 0.6) is 0 Å². The molecule has 0 atom stereocenters. The Balaban J connectivity index is 2.04. The summed E-state index contributed by atoms with van der Waals surface area (Å²) in [5.41, 5.74) is 2.04. The minimum atomic E-state index is -0.309. The van der Waals surface area contributed by atoms with E-state index >= 15 is 0 Å². The van der Waals surface area contributed by atoms with Gasteiger partial charge >= 0.3 is 5.97 Å². The summed E-state index contributed by atoms with van der Waals surface area (Å²) in [4.78, 5) is 15.4. The first-order valence-electron chi connectivity index (χ1n) is 6.13. The van der Waals surface area contributed by atoms with Crippen LogP contribution in [0.1, 0.15) is 17.7 Å². The molecule has 1 aromatic carbocycles. The maximum atomic E-state index is 13.7. The number of benzene rings is 1. The first-order chi connectivity index (χ1) is 9.60. The van der Waals surface area contributed by atoms with Gasteiger partial charge in [-0.25, -0.2) is 9.37 Å². The van der Waals surface area contributed by atoms with Crippen molar-refractivity contribution in [2.45, 2.75) is 19.8 Å². The average molecular weight is 294 g/mol. The molecule has 0 aliphatic carbocycles. The molecule has 20 heavy (non-hydrogen) atoms. The lowest BCUT2D eigenvalue weighted by atomic mass is 10.2. The Hall–Kier alpha value is -1.95. The van der Waals surface area contributed by atoms with Crippen LogP contribution in [0, 0.1) is 12.7 Å². The molecule has 1 aromatic heterocycles. The van der Waals surface area contributed by atoms with E-state index in [1.54, 1.807) is 6.07 Å². The van der Waals surface area contributed by atoms with Crippen molar-refractivity contribution < 1.29 is 13.9 Å². The number of nitrogens with zero attached hydrogens (tertiary/aromatic N) is 1. The van der Waals surface area contributed by atoms with Gasteiger partial charge in [-0.05, 0) is 18.6 Å². The Morgan fingerprint density at radius 2 is 2.30 bits per heavy atom. The molecule has 0 aliphatic heterocycles. The minimum absolute atomic E-state index is 0.266. The molecule has 0 aliphatic rings. The van der Waals surface area contributed by atoms with Crippen LogP contribution in [0.15, 0.2) is 23.6 Å². The monoisotopic (exact) mass is 294 g/mol. The Kier molecular flexibility index (Phi) is 4.68. The summed E-state index contributed by atoms with van der Waals surface area (Å²) in [6.45, 7) is 1.83. The molecule has 2 rings (SSSR count). The van der Waals surface area contributed by atoms with Gasteiger partial charge in [0.15, 0.2) is 5.13 Å². The number of carbonyl (C=O) groups excluding carboxylic acids is 1. The van der Waals surface area contributed by atoms with Crippen molar-refractivity contribution in [1.29, 1.82) is 0 Å². The lowest BCUT2D eigenvalue weighted by Gasteiger charge is -2.07. The molecule has 0 fully saturated rings. The number of aromatic nitrogens is 1. The zero-order valence-corrected chi connectivity index (χ0v) is 12.1. The zero-order chi connectivity index (χ0) is 14.5. The highest BCUT2D eigenvalue weighted by molar-refractivity contribution is 7.13. The normalized spacial score (nSPS) is 10.3.